The van der Waals surface area contributed by atoms with E-state index in [0.717, 1.165) is 28.3 Å². The SMILES string of the molecule is Cc1ccc(-c2ccc3c(c2)N(c2nc4c(s2)C(=O)NC(C)(C)C4O)CCO3)cn1. The molecule has 2 N–H and O–H groups in total. The Balaban J connectivity index is 1.57. The molecular weight excluding hydrogens is 400 g/mol. The summed E-state index contributed by atoms with van der Waals surface area (Å²) in [5.74, 6) is 0.570. The molecule has 2 aliphatic heterocycles. The van der Waals surface area contributed by atoms with Crippen molar-refractivity contribution in [1.29, 1.82) is 0 Å². The first-order valence-electron chi connectivity index (χ1n) is 9.82. The molecule has 2 aliphatic rings. The van der Waals surface area contributed by atoms with Gasteiger partial charge in [0, 0.05) is 17.5 Å². The number of hydrogen-bond acceptors (Lipinski definition) is 7. The van der Waals surface area contributed by atoms with E-state index in [1.54, 1.807) is 13.8 Å². The number of benzene rings is 1. The second kappa shape index (κ2) is 6.78. The summed E-state index contributed by atoms with van der Waals surface area (Å²) in [4.78, 5) is 24.1. The van der Waals surface area contributed by atoms with Gasteiger partial charge in [0.15, 0.2) is 5.13 Å². The van der Waals surface area contributed by atoms with Gasteiger partial charge in [0.2, 0.25) is 0 Å². The van der Waals surface area contributed by atoms with Gasteiger partial charge in [0.05, 0.1) is 23.5 Å². The number of fused-ring (bicyclic) bond motifs is 2. The van der Waals surface area contributed by atoms with Gasteiger partial charge in [-0.15, -0.1) is 0 Å². The highest BCUT2D eigenvalue weighted by molar-refractivity contribution is 7.17. The van der Waals surface area contributed by atoms with Gasteiger partial charge in [-0.3, -0.25) is 9.78 Å². The number of aliphatic hydroxyl groups excluding tert-OH is 1. The molecule has 3 aromatic rings. The quantitative estimate of drug-likeness (QED) is 0.656. The van der Waals surface area contributed by atoms with Crippen LogP contribution in [0.4, 0.5) is 10.8 Å². The van der Waals surface area contributed by atoms with Crippen molar-refractivity contribution in [1.82, 2.24) is 15.3 Å². The van der Waals surface area contributed by atoms with Crippen LogP contribution in [0, 0.1) is 6.92 Å². The maximum absolute atomic E-state index is 12.6. The normalized spacial score (nSPS) is 19.5. The van der Waals surface area contributed by atoms with Crippen LogP contribution < -0.4 is 15.0 Å². The van der Waals surface area contributed by atoms with E-state index in [1.165, 1.54) is 11.3 Å². The fourth-order valence-corrected chi connectivity index (χ4v) is 4.81. The number of aromatic nitrogens is 2. The zero-order valence-electron chi connectivity index (χ0n) is 17.0. The standard InChI is InChI=1S/C22H22N4O3S/c1-12-4-5-14(11-23-12)13-6-7-16-15(10-13)26(8-9-29-16)21-24-17-18(30-21)20(28)25-22(2,3)19(17)27/h4-7,10-11,19,27H,8-9H2,1-3H3,(H,25,28). The lowest BCUT2D eigenvalue weighted by Gasteiger charge is -2.34. The number of ether oxygens (including phenoxy) is 1. The van der Waals surface area contributed by atoms with Gasteiger partial charge in [0.1, 0.15) is 23.3 Å². The Bertz CT molecular complexity index is 1140. The molecule has 0 aliphatic carbocycles. The van der Waals surface area contributed by atoms with Crippen molar-refractivity contribution in [3.8, 4) is 16.9 Å². The average Bonchev–Trinajstić information content (AvgIpc) is 3.17. The molecule has 1 amide bonds. The highest BCUT2D eigenvalue weighted by Gasteiger charge is 2.42. The monoisotopic (exact) mass is 422 g/mol. The molecular formula is C22H22N4O3S. The fraction of sp³-hybridized carbons (Fsp3) is 0.318. The highest BCUT2D eigenvalue weighted by atomic mass is 32.1. The van der Waals surface area contributed by atoms with E-state index in [4.69, 9.17) is 4.74 Å². The fourth-order valence-electron chi connectivity index (χ4n) is 3.78. The molecule has 0 bridgehead atoms. The molecule has 0 fully saturated rings. The number of carbonyl (C=O) groups excluding carboxylic acids is 1. The third-order valence-electron chi connectivity index (χ3n) is 5.52. The van der Waals surface area contributed by atoms with E-state index < -0.39 is 11.6 Å². The summed E-state index contributed by atoms with van der Waals surface area (Å²) >= 11 is 1.30. The Morgan fingerprint density at radius 2 is 2.07 bits per heavy atom. The number of thiazole rings is 1. The third kappa shape index (κ3) is 3.03. The number of aryl methyl sites for hydroxylation is 1. The number of hydrogen-bond donors (Lipinski definition) is 2. The average molecular weight is 423 g/mol. The molecule has 0 radical (unpaired) electrons. The van der Waals surface area contributed by atoms with Crippen molar-refractivity contribution in [3.05, 3.63) is 52.8 Å². The molecule has 1 aromatic carbocycles. The molecule has 0 saturated heterocycles. The molecule has 8 heteroatoms. The Labute approximate surface area is 178 Å². The zero-order valence-corrected chi connectivity index (χ0v) is 17.8. The molecule has 4 heterocycles. The minimum atomic E-state index is -0.860. The van der Waals surface area contributed by atoms with Gasteiger partial charge >= 0.3 is 0 Å². The highest BCUT2D eigenvalue weighted by Crippen LogP contribution is 2.44. The Hall–Kier alpha value is -2.97. The molecule has 7 nitrogen and oxygen atoms in total. The number of aliphatic hydroxyl groups is 1. The van der Waals surface area contributed by atoms with Crippen LogP contribution in [0.25, 0.3) is 11.1 Å². The van der Waals surface area contributed by atoms with Crippen LogP contribution in [0.15, 0.2) is 36.5 Å². The van der Waals surface area contributed by atoms with E-state index in [0.29, 0.717) is 28.9 Å². The molecule has 30 heavy (non-hydrogen) atoms. The molecule has 0 saturated carbocycles. The number of amides is 1. The summed E-state index contributed by atoms with van der Waals surface area (Å²) in [7, 11) is 0. The van der Waals surface area contributed by atoms with Crippen molar-refractivity contribution in [3.63, 3.8) is 0 Å². The van der Waals surface area contributed by atoms with E-state index in [9.17, 15) is 9.90 Å². The Kier molecular flexibility index (Phi) is 4.30. The van der Waals surface area contributed by atoms with Crippen molar-refractivity contribution in [2.75, 3.05) is 18.1 Å². The summed E-state index contributed by atoms with van der Waals surface area (Å²) in [6, 6.07) is 10.1. The van der Waals surface area contributed by atoms with Gasteiger partial charge in [-0.1, -0.05) is 23.5 Å². The third-order valence-corrected chi connectivity index (χ3v) is 6.62. The van der Waals surface area contributed by atoms with Crippen molar-refractivity contribution in [2.45, 2.75) is 32.4 Å². The lowest BCUT2D eigenvalue weighted by Crippen LogP contribution is -2.51. The summed E-state index contributed by atoms with van der Waals surface area (Å²) in [6.07, 6.45) is 0.997. The van der Waals surface area contributed by atoms with Crippen LogP contribution in [0.2, 0.25) is 0 Å². The van der Waals surface area contributed by atoms with E-state index in [2.05, 4.69) is 26.3 Å². The van der Waals surface area contributed by atoms with Crippen molar-refractivity contribution < 1.29 is 14.6 Å². The summed E-state index contributed by atoms with van der Waals surface area (Å²) in [5, 5.41) is 14.2. The molecule has 1 atom stereocenters. The number of pyridine rings is 1. The summed E-state index contributed by atoms with van der Waals surface area (Å²) in [5.41, 5.74) is 3.58. The minimum Gasteiger partial charge on any atom is -0.490 e. The van der Waals surface area contributed by atoms with E-state index in [-0.39, 0.29) is 5.91 Å². The maximum atomic E-state index is 12.6. The topological polar surface area (TPSA) is 87.6 Å². The largest absolute Gasteiger partial charge is 0.490 e. The number of carbonyl (C=O) groups is 1. The Morgan fingerprint density at radius 1 is 1.27 bits per heavy atom. The molecule has 5 rings (SSSR count). The predicted molar refractivity (Wildman–Crippen MR) is 116 cm³/mol. The van der Waals surface area contributed by atoms with Crippen LogP contribution in [0.5, 0.6) is 5.75 Å². The number of rotatable bonds is 2. The molecule has 0 spiro atoms. The van der Waals surface area contributed by atoms with Crippen LogP contribution in [0.3, 0.4) is 0 Å². The van der Waals surface area contributed by atoms with Gasteiger partial charge in [-0.25, -0.2) is 4.98 Å². The first-order valence-corrected chi connectivity index (χ1v) is 10.6. The number of nitrogens with zero attached hydrogens (tertiary/aromatic N) is 3. The molecule has 154 valence electrons. The first kappa shape index (κ1) is 19.0. The Morgan fingerprint density at radius 3 is 2.83 bits per heavy atom. The summed E-state index contributed by atoms with van der Waals surface area (Å²) < 4.78 is 5.85. The lowest BCUT2D eigenvalue weighted by atomic mass is 9.91. The zero-order chi connectivity index (χ0) is 21.0. The first-order chi connectivity index (χ1) is 14.3. The van der Waals surface area contributed by atoms with Crippen LogP contribution in [-0.4, -0.2) is 39.7 Å². The van der Waals surface area contributed by atoms with Gasteiger partial charge in [0.25, 0.3) is 5.91 Å². The van der Waals surface area contributed by atoms with Crippen molar-refractivity contribution in [2.24, 2.45) is 0 Å². The minimum absolute atomic E-state index is 0.197. The predicted octanol–water partition coefficient (Wildman–Crippen LogP) is 3.60. The van der Waals surface area contributed by atoms with Gasteiger partial charge in [-0.2, -0.15) is 0 Å². The number of anilines is 2. The number of nitrogens with one attached hydrogen (secondary N) is 1. The molecule has 1 unspecified atom stereocenters. The molecule has 2 aromatic heterocycles. The smallest absolute Gasteiger partial charge is 0.263 e. The van der Waals surface area contributed by atoms with Crippen LogP contribution >= 0.6 is 11.3 Å². The second-order valence-corrected chi connectivity index (χ2v) is 9.14. The van der Waals surface area contributed by atoms with Crippen LogP contribution in [-0.2, 0) is 0 Å². The second-order valence-electron chi connectivity index (χ2n) is 8.16. The van der Waals surface area contributed by atoms with Crippen molar-refractivity contribution >= 4 is 28.1 Å². The van der Waals surface area contributed by atoms with Gasteiger partial charge in [-0.05, 0) is 44.5 Å². The lowest BCUT2D eigenvalue weighted by molar-refractivity contribution is 0.0533. The van der Waals surface area contributed by atoms with E-state index in [1.807, 2.05) is 37.4 Å². The van der Waals surface area contributed by atoms with Gasteiger partial charge < -0.3 is 20.1 Å². The maximum Gasteiger partial charge on any atom is 0.263 e. The van der Waals surface area contributed by atoms with E-state index >= 15 is 0 Å². The summed E-state index contributed by atoms with van der Waals surface area (Å²) in [6.45, 7) is 6.67. The van der Waals surface area contributed by atoms with Crippen LogP contribution in [0.1, 0.15) is 41.0 Å².